The summed E-state index contributed by atoms with van der Waals surface area (Å²) in [7, 11) is 0. The van der Waals surface area contributed by atoms with Gasteiger partial charge in [-0.25, -0.2) is 4.39 Å². The Kier molecular flexibility index (Phi) is 3.88. The van der Waals surface area contributed by atoms with E-state index in [0.29, 0.717) is 12.1 Å². The van der Waals surface area contributed by atoms with E-state index in [1.807, 2.05) is 0 Å². The van der Waals surface area contributed by atoms with Gasteiger partial charge in [0.15, 0.2) is 5.78 Å². The van der Waals surface area contributed by atoms with Crippen molar-refractivity contribution in [3.63, 3.8) is 0 Å². The minimum Gasteiger partial charge on any atom is -0.434 e. The van der Waals surface area contributed by atoms with Crippen molar-refractivity contribution in [1.29, 1.82) is 0 Å². The molecule has 0 aliphatic carbocycles. The third-order valence-corrected chi connectivity index (χ3v) is 1.98. The van der Waals surface area contributed by atoms with E-state index in [0.717, 1.165) is 6.92 Å². The van der Waals surface area contributed by atoms with Crippen LogP contribution in [0.4, 0.5) is 26.3 Å². The number of carbonyl (C=O) groups excluding carboxylic acids is 1. The van der Waals surface area contributed by atoms with Crippen molar-refractivity contribution in [3.05, 3.63) is 29.1 Å². The third-order valence-electron chi connectivity index (χ3n) is 1.98. The molecule has 0 heterocycles. The molecule has 0 radical (unpaired) electrons. The molecule has 0 unspecified atom stereocenters. The lowest BCUT2D eigenvalue weighted by atomic mass is 10.1. The molecule has 18 heavy (non-hydrogen) atoms. The molecular weight excluding hydrogens is 266 g/mol. The van der Waals surface area contributed by atoms with Gasteiger partial charge in [0, 0.05) is 0 Å². The Morgan fingerprint density at radius 2 is 1.83 bits per heavy atom. The van der Waals surface area contributed by atoms with E-state index >= 15 is 0 Å². The SMILES string of the molecule is CC(=O)c1ccc(OC(F)F)c(C(F)(F)F)c1F. The van der Waals surface area contributed by atoms with E-state index in [4.69, 9.17) is 0 Å². The molecule has 0 fully saturated rings. The molecule has 1 rings (SSSR count). The predicted molar refractivity (Wildman–Crippen MR) is 48.0 cm³/mol. The Morgan fingerprint density at radius 3 is 2.22 bits per heavy atom. The summed E-state index contributed by atoms with van der Waals surface area (Å²) in [5.41, 5.74) is -2.86. The van der Waals surface area contributed by atoms with Gasteiger partial charge in [0.05, 0.1) is 5.56 Å². The number of halogens is 6. The van der Waals surface area contributed by atoms with Crippen LogP contribution in [-0.2, 0) is 6.18 Å². The summed E-state index contributed by atoms with van der Waals surface area (Å²) < 4.78 is 78.4. The molecule has 0 aliphatic rings. The van der Waals surface area contributed by atoms with Crippen LogP contribution in [0.2, 0.25) is 0 Å². The molecular formula is C10H6F6O2. The van der Waals surface area contributed by atoms with Crippen LogP contribution in [0.5, 0.6) is 5.75 Å². The summed E-state index contributed by atoms with van der Waals surface area (Å²) in [6.45, 7) is -2.68. The molecule has 0 atom stereocenters. The van der Waals surface area contributed by atoms with Crippen LogP contribution in [0.25, 0.3) is 0 Å². The first-order valence-corrected chi connectivity index (χ1v) is 4.50. The van der Waals surface area contributed by atoms with Gasteiger partial charge >= 0.3 is 12.8 Å². The average Bonchev–Trinajstić information content (AvgIpc) is 2.13. The molecule has 2 nitrogen and oxygen atoms in total. The summed E-state index contributed by atoms with van der Waals surface area (Å²) >= 11 is 0. The highest BCUT2D eigenvalue weighted by atomic mass is 19.4. The zero-order valence-electron chi connectivity index (χ0n) is 8.82. The lowest BCUT2D eigenvalue weighted by Gasteiger charge is -2.15. The fourth-order valence-electron chi connectivity index (χ4n) is 1.29. The van der Waals surface area contributed by atoms with Crippen molar-refractivity contribution < 1.29 is 35.9 Å². The van der Waals surface area contributed by atoms with Crippen molar-refractivity contribution in [3.8, 4) is 5.75 Å². The summed E-state index contributed by atoms with van der Waals surface area (Å²) in [6, 6.07) is 1.14. The maximum absolute atomic E-state index is 13.5. The molecule has 0 spiro atoms. The zero-order chi connectivity index (χ0) is 14.1. The fraction of sp³-hybridized carbons (Fsp3) is 0.300. The largest absolute Gasteiger partial charge is 0.434 e. The number of carbonyl (C=O) groups is 1. The van der Waals surface area contributed by atoms with E-state index in [1.54, 1.807) is 0 Å². The molecule has 100 valence electrons. The van der Waals surface area contributed by atoms with Gasteiger partial charge in [0.2, 0.25) is 0 Å². The topological polar surface area (TPSA) is 26.3 Å². The van der Waals surface area contributed by atoms with Gasteiger partial charge in [-0.05, 0) is 19.1 Å². The summed E-state index contributed by atoms with van der Waals surface area (Å²) in [4.78, 5) is 10.9. The summed E-state index contributed by atoms with van der Waals surface area (Å²) in [5, 5.41) is 0. The number of Topliss-reactive ketones (excluding diaryl/α,β-unsaturated/α-hetero) is 1. The first-order chi connectivity index (χ1) is 8.14. The van der Waals surface area contributed by atoms with Gasteiger partial charge in [0.1, 0.15) is 17.1 Å². The summed E-state index contributed by atoms with van der Waals surface area (Å²) in [5.74, 6) is -4.24. The molecule has 0 bridgehead atoms. The van der Waals surface area contributed by atoms with E-state index < -0.39 is 41.3 Å². The van der Waals surface area contributed by atoms with E-state index in [9.17, 15) is 31.1 Å². The van der Waals surface area contributed by atoms with Gasteiger partial charge in [0.25, 0.3) is 0 Å². The van der Waals surface area contributed by atoms with Crippen molar-refractivity contribution in [2.45, 2.75) is 19.7 Å². The molecule has 0 saturated carbocycles. The highest BCUT2D eigenvalue weighted by Gasteiger charge is 2.40. The molecule has 0 aliphatic heterocycles. The van der Waals surface area contributed by atoms with Crippen molar-refractivity contribution in [1.82, 2.24) is 0 Å². The highest BCUT2D eigenvalue weighted by Crippen LogP contribution is 2.39. The maximum atomic E-state index is 13.5. The Balaban J connectivity index is 3.47. The standard InChI is InChI=1S/C10H6F6O2/c1-4(17)5-2-3-6(18-9(12)13)7(8(5)11)10(14,15)16/h2-3,9H,1H3. The second-order valence-corrected chi connectivity index (χ2v) is 3.23. The Labute approximate surface area is 97.2 Å². The Morgan fingerprint density at radius 1 is 1.28 bits per heavy atom. The lowest BCUT2D eigenvalue weighted by molar-refractivity contribution is -0.144. The van der Waals surface area contributed by atoms with Crippen molar-refractivity contribution in [2.75, 3.05) is 0 Å². The highest BCUT2D eigenvalue weighted by molar-refractivity contribution is 5.94. The molecule has 8 heteroatoms. The van der Waals surface area contributed by atoms with Crippen LogP contribution in [0.1, 0.15) is 22.8 Å². The number of ketones is 1. The maximum Gasteiger partial charge on any atom is 0.422 e. The van der Waals surface area contributed by atoms with Gasteiger partial charge in [-0.1, -0.05) is 0 Å². The average molecular weight is 272 g/mol. The van der Waals surface area contributed by atoms with Crippen molar-refractivity contribution >= 4 is 5.78 Å². The number of hydrogen-bond donors (Lipinski definition) is 0. The molecule has 0 N–H and O–H groups in total. The van der Waals surface area contributed by atoms with Crippen LogP contribution >= 0.6 is 0 Å². The molecule has 1 aromatic rings. The van der Waals surface area contributed by atoms with E-state index in [2.05, 4.69) is 4.74 Å². The van der Waals surface area contributed by atoms with Crippen LogP contribution in [-0.4, -0.2) is 12.4 Å². The van der Waals surface area contributed by atoms with Gasteiger partial charge < -0.3 is 4.74 Å². The Hall–Kier alpha value is -1.73. The molecule has 1 aromatic carbocycles. The third kappa shape index (κ3) is 2.93. The first-order valence-electron chi connectivity index (χ1n) is 4.50. The van der Waals surface area contributed by atoms with Crippen molar-refractivity contribution in [2.24, 2.45) is 0 Å². The van der Waals surface area contributed by atoms with Crippen LogP contribution < -0.4 is 4.74 Å². The normalized spacial score (nSPS) is 11.8. The zero-order valence-corrected chi connectivity index (χ0v) is 8.82. The number of ether oxygens (including phenoxy) is 1. The van der Waals surface area contributed by atoms with Gasteiger partial charge in [-0.15, -0.1) is 0 Å². The second-order valence-electron chi connectivity index (χ2n) is 3.23. The monoisotopic (exact) mass is 272 g/mol. The number of alkyl halides is 5. The quantitative estimate of drug-likeness (QED) is 0.620. The smallest absolute Gasteiger partial charge is 0.422 e. The van der Waals surface area contributed by atoms with Crippen LogP contribution in [0.15, 0.2) is 12.1 Å². The predicted octanol–water partition coefficient (Wildman–Crippen LogP) is 3.65. The van der Waals surface area contributed by atoms with E-state index in [-0.39, 0.29) is 0 Å². The lowest BCUT2D eigenvalue weighted by Crippen LogP contribution is -2.16. The molecule has 0 saturated heterocycles. The molecule has 0 aromatic heterocycles. The summed E-state index contributed by atoms with van der Waals surface area (Å²) in [6.07, 6.45) is -5.25. The number of benzene rings is 1. The van der Waals surface area contributed by atoms with Crippen LogP contribution in [0.3, 0.4) is 0 Å². The van der Waals surface area contributed by atoms with E-state index in [1.165, 1.54) is 0 Å². The fourth-order valence-corrected chi connectivity index (χ4v) is 1.29. The minimum absolute atomic E-state index is 0.481. The minimum atomic E-state index is -5.25. The Bertz CT molecular complexity index is 466. The van der Waals surface area contributed by atoms with Gasteiger partial charge in [-0.2, -0.15) is 22.0 Å². The van der Waals surface area contributed by atoms with Crippen LogP contribution in [0, 0.1) is 5.82 Å². The number of hydrogen-bond acceptors (Lipinski definition) is 2. The first kappa shape index (κ1) is 14.3. The number of rotatable bonds is 3. The second kappa shape index (κ2) is 4.87. The van der Waals surface area contributed by atoms with Gasteiger partial charge in [-0.3, -0.25) is 4.79 Å². The molecule has 0 amide bonds.